The summed E-state index contributed by atoms with van der Waals surface area (Å²) in [5.41, 5.74) is 0. The van der Waals surface area contributed by atoms with Crippen molar-refractivity contribution in [1.29, 1.82) is 0 Å². The van der Waals surface area contributed by atoms with Crippen LogP contribution in [0.5, 0.6) is 0 Å². The van der Waals surface area contributed by atoms with Crippen LogP contribution in [0.2, 0.25) is 0 Å². The molecule has 0 saturated carbocycles. The number of hydrogen-bond donors (Lipinski definition) is 0. The minimum atomic E-state index is 0. The molecule has 0 aromatic heterocycles. The Morgan fingerprint density at radius 2 is 1.00 bits per heavy atom. The molecule has 1 atom stereocenters. The molecule has 0 bridgehead atoms. The average Bonchev–Trinajstić information content (AvgIpc) is 0. The van der Waals surface area contributed by atoms with Gasteiger partial charge in [-0.25, -0.2) is 0 Å². The molecule has 0 aliphatic rings. The zero-order valence-corrected chi connectivity index (χ0v) is 15.4. The molecule has 30 valence electrons. The molecular formula is H3CuKMgPSeZn. The van der Waals surface area contributed by atoms with Crippen molar-refractivity contribution in [2.24, 2.45) is 0 Å². The third kappa shape index (κ3) is 23.6. The summed E-state index contributed by atoms with van der Waals surface area (Å²) in [6, 6.07) is 0. The molecule has 1 unspecified atom stereocenters. The summed E-state index contributed by atoms with van der Waals surface area (Å²) in [7, 11) is 0. The zero-order valence-electron chi connectivity index (χ0n) is 3.83. The van der Waals surface area contributed by atoms with E-state index in [0.29, 0.717) is 0 Å². The van der Waals surface area contributed by atoms with Crippen LogP contribution in [-0.4, -0.2) is 91.5 Å². The predicted molar refractivity (Wildman–Crippen MR) is 28.4 cm³/mol. The fraction of sp³-hybridized carbons (Fsp3) is 0. The molecule has 0 aromatic carbocycles. The molecule has 0 N–H and O–H groups in total. The largest absolute Gasteiger partial charge is 0.153 e. The maximum absolute atomic E-state index is 0. The predicted octanol–water partition coefficient (Wildman–Crippen LogP) is -1.09. The van der Waals surface area contributed by atoms with Gasteiger partial charge in [0, 0.05) is 128 Å². The van der Waals surface area contributed by atoms with Gasteiger partial charge in [-0.1, -0.05) is 0 Å². The van der Waals surface area contributed by atoms with Gasteiger partial charge in [-0.05, 0) is 0 Å². The molecule has 6 heteroatoms. The Balaban J connectivity index is 0. The van der Waals surface area contributed by atoms with E-state index in [-0.39, 0.29) is 138 Å². The molecule has 0 saturated heterocycles. The van der Waals surface area contributed by atoms with Crippen LogP contribution in [0, 0.1) is 0 Å². The van der Waals surface area contributed by atoms with E-state index in [1.54, 1.807) is 0 Å². The maximum atomic E-state index is 0. The number of hydrogen-bond acceptors (Lipinski definition) is 0. The molecule has 6 radical (unpaired) electrons. The van der Waals surface area contributed by atoms with Crippen LogP contribution in [0.25, 0.3) is 0 Å². The van der Waals surface area contributed by atoms with Crippen molar-refractivity contribution in [2.45, 2.75) is 0 Å². The molecular weight excluding hydrogens is 302 g/mol. The Morgan fingerprint density at radius 1 is 1.00 bits per heavy atom. The van der Waals surface area contributed by atoms with Gasteiger partial charge >= 0.3 is 0 Å². The van der Waals surface area contributed by atoms with Crippen molar-refractivity contribution < 1.29 is 36.5 Å². The van der Waals surface area contributed by atoms with Gasteiger partial charge in [0.15, 0.2) is 0 Å². The van der Waals surface area contributed by atoms with E-state index in [1.807, 2.05) is 0 Å². The van der Waals surface area contributed by atoms with Gasteiger partial charge < -0.3 is 0 Å². The fourth-order valence-electron chi connectivity index (χ4n) is 0. The summed E-state index contributed by atoms with van der Waals surface area (Å²) in [6.45, 7) is 0. The average molecular weight is 305 g/mol. The molecule has 0 nitrogen and oxygen atoms in total. The Labute approximate surface area is 134 Å². The van der Waals surface area contributed by atoms with Crippen molar-refractivity contribution in [2.75, 3.05) is 0 Å². The monoisotopic (exact) mass is 304 g/mol. The quantitative estimate of drug-likeness (QED) is 0.394. The smallest absolute Gasteiger partial charge is 0 e. The van der Waals surface area contributed by atoms with E-state index >= 15 is 0 Å². The van der Waals surface area contributed by atoms with Crippen LogP contribution in [0.15, 0.2) is 0 Å². The van der Waals surface area contributed by atoms with Crippen molar-refractivity contribution in [3.63, 3.8) is 0 Å². The summed E-state index contributed by atoms with van der Waals surface area (Å²) >= 11 is 0. The Bertz CT molecular complexity index is 15.5. The van der Waals surface area contributed by atoms with Crippen LogP contribution in [0.1, 0.15) is 0 Å². The van der Waals surface area contributed by atoms with Crippen LogP contribution in [0.4, 0.5) is 0 Å². The van der Waals surface area contributed by atoms with Crippen LogP contribution in [0.3, 0.4) is 0 Å². The van der Waals surface area contributed by atoms with E-state index in [9.17, 15) is 0 Å². The number of rotatable bonds is 0. The van der Waals surface area contributed by atoms with Gasteiger partial charge in [0.05, 0.1) is 0 Å². The van der Waals surface area contributed by atoms with Crippen molar-refractivity contribution in [3.8, 4) is 0 Å². The minimum Gasteiger partial charge on any atom is -0.153 e. The van der Waals surface area contributed by atoms with Crippen LogP contribution >= 0.6 is 9.90 Å². The first-order valence-corrected chi connectivity index (χ1v) is 0. The molecule has 0 spiro atoms. The summed E-state index contributed by atoms with van der Waals surface area (Å²) < 4.78 is 0. The van der Waals surface area contributed by atoms with Gasteiger partial charge in [-0.2, -0.15) is 9.90 Å². The van der Waals surface area contributed by atoms with E-state index in [0.717, 1.165) is 0 Å². The molecule has 0 fully saturated rings. The molecule has 0 heterocycles. The first-order valence-electron chi connectivity index (χ1n) is 0. The summed E-state index contributed by atoms with van der Waals surface area (Å²) in [6.07, 6.45) is 0. The fourth-order valence-corrected chi connectivity index (χ4v) is 0. The third-order valence-electron chi connectivity index (χ3n) is 0. The van der Waals surface area contributed by atoms with Crippen molar-refractivity contribution in [3.05, 3.63) is 0 Å². The molecule has 0 aromatic rings. The van der Waals surface area contributed by atoms with Crippen molar-refractivity contribution >= 4 is 101 Å². The van der Waals surface area contributed by atoms with Crippen molar-refractivity contribution in [1.82, 2.24) is 0 Å². The van der Waals surface area contributed by atoms with Crippen LogP contribution < -0.4 is 0 Å². The Morgan fingerprint density at radius 3 is 1.00 bits per heavy atom. The SMILES string of the molecule is P.[Cu].[K].[Mg].[Se].[Zn]. The Kier molecular flexibility index (Phi) is 265. The second-order valence-corrected chi connectivity index (χ2v) is 0. The second kappa shape index (κ2) is 33.9. The van der Waals surface area contributed by atoms with Gasteiger partial charge in [0.1, 0.15) is 0 Å². The van der Waals surface area contributed by atoms with E-state index in [1.165, 1.54) is 0 Å². The first-order chi connectivity index (χ1) is 0. The molecule has 0 amide bonds. The van der Waals surface area contributed by atoms with E-state index in [2.05, 4.69) is 0 Å². The third-order valence-corrected chi connectivity index (χ3v) is 0. The molecule has 0 aliphatic heterocycles. The van der Waals surface area contributed by atoms with E-state index < -0.39 is 0 Å². The Hall–Kier alpha value is 4.49. The minimum absolute atomic E-state index is 0. The van der Waals surface area contributed by atoms with Gasteiger partial charge in [0.25, 0.3) is 0 Å². The standard InChI is InChI=1S/Cu.K.Mg.H3P.Se.Zn/h;;;1H3;;. The normalized spacial score (nSPS) is 0. The van der Waals surface area contributed by atoms with Gasteiger partial charge in [-0.3, -0.25) is 0 Å². The summed E-state index contributed by atoms with van der Waals surface area (Å²) in [5.74, 6) is 0. The zero-order chi connectivity index (χ0) is 0. The first kappa shape index (κ1) is 46.8. The molecule has 6 heavy (non-hydrogen) atoms. The topological polar surface area (TPSA) is 0 Å². The van der Waals surface area contributed by atoms with Crippen LogP contribution in [-0.2, 0) is 36.5 Å². The van der Waals surface area contributed by atoms with E-state index in [4.69, 9.17) is 0 Å². The van der Waals surface area contributed by atoms with Gasteiger partial charge in [-0.15, -0.1) is 0 Å². The second-order valence-electron chi connectivity index (χ2n) is 0. The summed E-state index contributed by atoms with van der Waals surface area (Å²) in [5, 5.41) is 0. The van der Waals surface area contributed by atoms with Gasteiger partial charge in [0.2, 0.25) is 0 Å². The molecule has 0 aliphatic carbocycles. The summed E-state index contributed by atoms with van der Waals surface area (Å²) in [4.78, 5) is 0. The molecule has 0 rings (SSSR count). The maximum Gasteiger partial charge on any atom is 0 e.